The zero-order valence-corrected chi connectivity index (χ0v) is 14.2. The number of carbonyl (C=O) groups is 1. The number of likely N-dealkylation sites (N-methyl/N-ethyl adjacent to an activating group) is 1. The van der Waals surface area contributed by atoms with Crippen molar-refractivity contribution in [2.75, 3.05) is 33.7 Å². The lowest BCUT2D eigenvalue weighted by Crippen LogP contribution is -2.45. The van der Waals surface area contributed by atoms with Gasteiger partial charge in [-0.1, -0.05) is 19.3 Å². The van der Waals surface area contributed by atoms with Crippen LogP contribution in [0.1, 0.15) is 52.4 Å². The van der Waals surface area contributed by atoms with Crippen molar-refractivity contribution in [3.63, 3.8) is 0 Å². The van der Waals surface area contributed by atoms with Crippen molar-refractivity contribution in [1.82, 2.24) is 15.1 Å². The summed E-state index contributed by atoms with van der Waals surface area (Å²) in [6.07, 6.45) is 7.69. The van der Waals surface area contributed by atoms with Crippen molar-refractivity contribution in [2.45, 2.75) is 64.0 Å². The van der Waals surface area contributed by atoms with Crippen LogP contribution in [0, 0.1) is 0 Å². The minimum Gasteiger partial charge on any atom is -0.389 e. The van der Waals surface area contributed by atoms with Crippen LogP contribution in [0.15, 0.2) is 0 Å². The first-order valence-corrected chi connectivity index (χ1v) is 8.21. The van der Waals surface area contributed by atoms with Gasteiger partial charge in [-0.05, 0) is 46.7 Å². The molecule has 124 valence electrons. The van der Waals surface area contributed by atoms with E-state index in [1.165, 1.54) is 37.0 Å². The molecule has 0 atom stereocenters. The fraction of sp³-hybridized carbons (Fsp3) is 0.938. The van der Waals surface area contributed by atoms with E-state index in [-0.39, 0.29) is 6.03 Å². The number of carbonyl (C=O) groups excluding carboxylic acids is 1. The molecule has 1 aliphatic carbocycles. The molecular weight excluding hydrogens is 266 g/mol. The van der Waals surface area contributed by atoms with Crippen molar-refractivity contribution < 1.29 is 9.90 Å². The van der Waals surface area contributed by atoms with E-state index in [0.29, 0.717) is 13.1 Å². The molecule has 0 aliphatic heterocycles. The van der Waals surface area contributed by atoms with Gasteiger partial charge in [-0.25, -0.2) is 4.79 Å². The quantitative estimate of drug-likeness (QED) is 0.708. The van der Waals surface area contributed by atoms with Crippen LogP contribution in [0.4, 0.5) is 4.79 Å². The molecular formula is C16H33N3O2. The van der Waals surface area contributed by atoms with Crippen molar-refractivity contribution >= 4 is 6.03 Å². The molecule has 1 saturated carbocycles. The van der Waals surface area contributed by atoms with E-state index in [1.54, 1.807) is 20.9 Å². The Morgan fingerprint density at radius 1 is 1.24 bits per heavy atom. The van der Waals surface area contributed by atoms with Crippen LogP contribution in [0.25, 0.3) is 0 Å². The predicted octanol–water partition coefficient (Wildman–Crippen LogP) is 2.05. The zero-order chi connectivity index (χ0) is 15.9. The SMILES string of the molecule is CN(CC(C)(C)O)C(=O)NCCCN(C)C1CCCCC1. The molecule has 2 amide bonds. The molecule has 1 rings (SSSR count). The Labute approximate surface area is 129 Å². The van der Waals surface area contributed by atoms with Crippen LogP contribution in [0.2, 0.25) is 0 Å². The highest BCUT2D eigenvalue weighted by Crippen LogP contribution is 2.21. The summed E-state index contributed by atoms with van der Waals surface area (Å²) in [4.78, 5) is 15.8. The van der Waals surface area contributed by atoms with E-state index in [9.17, 15) is 9.90 Å². The third-order valence-corrected chi connectivity index (χ3v) is 4.13. The Balaban J connectivity index is 2.13. The van der Waals surface area contributed by atoms with Crippen molar-refractivity contribution in [2.24, 2.45) is 0 Å². The van der Waals surface area contributed by atoms with E-state index in [1.807, 2.05) is 0 Å². The molecule has 1 fully saturated rings. The van der Waals surface area contributed by atoms with Crippen molar-refractivity contribution in [3.8, 4) is 0 Å². The summed E-state index contributed by atoms with van der Waals surface area (Å²) in [6.45, 7) is 5.46. The topological polar surface area (TPSA) is 55.8 Å². The monoisotopic (exact) mass is 299 g/mol. The standard InChI is InChI=1S/C16H33N3O2/c1-16(2,21)13-19(4)15(20)17-11-8-12-18(3)14-9-6-5-7-10-14/h14,21H,5-13H2,1-4H3,(H,17,20). The number of nitrogens with zero attached hydrogens (tertiary/aromatic N) is 2. The summed E-state index contributed by atoms with van der Waals surface area (Å²) >= 11 is 0. The van der Waals surface area contributed by atoms with Gasteiger partial charge in [-0.2, -0.15) is 0 Å². The van der Waals surface area contributed by atoms with E-state index in [2.05, 4.69) is 17.3 Å². The maximum absolute atomic E-state index is 11.9. The number of aliphatic hydroxyl groups is 1. The van der Waals surface area contributed by atoms with Crippen LogP contribution in [0.3, 0.4) is 0 Å². The first-order valence-electron chi connectivity index (χ1n) is 8.21. The normalized spacial score (nSPS) is 17.0. The summed E-state index contributed by atoms with van der Waals surface area (Å²) in [6, 6.07) is 0.616. The molecule has 0 aromatic rings. The van der Waals surface area contributed by atoms with Gasteiger partial charge < -0.3 is 20.2 Å². The number of hydrogen-bond acceptors (Lipinski definition) is 3. The van der Waals surface area contributed by atoms with Gasteiger partial charge in [0.15, 0.2) is 0 Å². The Bertz CT molecular complexity index is 309. The highest BCUT2D eigenvalue weighted by atomic mass is 16.3. The lowest BCUT2D eigenvalue weighted by molar-refractivity contribution is 0.0531. The Morgan fingerprint density at radius 3 is 2.43 bits per heavy atom. The highest BCUT2D eigenvalue weighted by Gasteiger charge is 2.19. The first kappa shape index (κ1) is 18.2. The minimum absolute atomic E-state index is 0.113. The largest absolute Gasteiger partial charge is 0.389 e. The summed E-state index contributed by atoms with van der Waals surface area (Å²) in [5, 5.41) is 12.6. The predicted molar refractivity (Wildman–Crippen MR) is 86.4 cm³/mol. The molecule has 0 aromatic carbocycles. The van der Waals surface area contributed by atoms with Gasteiger partial charge in [0.2, 0.25) is 0 Å². The van der Waals surface area contributed by atoms with Crippen LogP contribution in [-0.2, 0) is 0 Å². The molecule has 0 bridgehead atoms. The Hall–Kier alpha value is -0.810. The van der Waals surface area contributed by atoms with Gasteiger partial charge in [0.1, 0.15) is 0 Å². The van der Waals surface area contributed by atoms with E-state index in [0.717, 1.165) is 19.0 Å². The minimum atomic E-state index is -0.854. The highest BCUT2D eigenvalue weighted by molar-refractivity contribution is 5.73. The number of hydrogen-bond donors (Lipinski definition) is 2. The van der Waals surface area contributed by atoms with E-state index < -0.39 is 5.60 Å². The van der Waals surface area contributed by atoms with Crippen LogP contribution in [0.5, 0.6) is 0 Å². The van der Waals surface area contributed by atoms with Gasteiger partial charge in [-0.15, -0.1) is 0 Å². The summed E-state index contributed by atoms with van der Waals surface area (Å²) in [5.41, 5.74) is -0.854. The molecule has 21 heavy (non-hydrogen) atoms. The molecule has 0 heterocycles. The van der Waals surface area contributed by atoms with Gasteiger partial charge in [-0.3, -0.25) is 0 Å². The fourth-order valence-electron chi connectivity index (χ4n) is 3.02. The number of amides is 2. The average Bonchev–Trinajstić information content (AvgIpc) is 2.42. The van der Waals surface area contributed by atoms with Gasteiger partial charge in [0, 0.05) is 19.6 Å². The molecule has 5 nitrogen and oxygen atoms in total. The second-order valence-electron chi connectivity index (χ2n) is 7.03. The van der Waals surface area contributed by atoms with Gasteiger partial charge in [0.05, 0.1) is 12.1 Å². The third kappa shape index (κ3) is 7.67. The first-order chi connectivity index (χ1) is 9.79. The Kier molecular flexibility index (Phi) is 7.46. The molecule has 1 aliphatic rings. The number of nitrogens with one attached hydrogen (secondary N) is 1. The van der Waals surface area contributed by atoms with Gasteiger partial charge >= 0.3 is 6.03 Å². The Morgan fingerprint density at radius 2 is 1.86 bits per heavy atom. The third-order valence-electron chi connectivity index (χ3n) is 4.13. The molecule has 0 radical (unpaired) electrons. The van der Waals surface area contributed by atoms with E-state index >= 15 is 0 Å². The summed E-state index contributed by atoms with van der Waals surface area (Å²) < 4.78 is 0. The maximum atomic E-state index is 11.9. The van der Waals surface area contributed by atoms with Crippen LogP contribution < -0.4 is 5.32 Å². The van der Waals surface area contributed by atoms with E-state index in [4.69, 9.17) is 0 Å². The number of rotatable bonds is 7. The van der Waals surface area contributed by atoms with Crippen molar-refractivity contribution in [1.29, 1.82) is 0 Å². The lowest BCUT2D eigenvalue weighted by atomic mass is 9.94. The number of urea groups is 1. The fourth-order valence-corrected chi connectivity index (χ4v) is 3.02. The zero-order valence-electron chi connectivity index (χ0n) is 14.2. The summed E-state index contributed by atoms with van der Waals surface area (Å²) in [5.74, 6) is 0. The van der Waals surface area contributed by atoms with Crippen LogP contribution in [-0.4, -0.2) is 66.3 Å². The van der Waals surface area contributed by atoms with Gasteiger partial charge in [0.25, 0.3) is 0 Å². The lowest BCUT2D eigenvalue weighted by Gasteiger charge is -2.31. The maximum Gasteiger partial charge on any atom is 0.317 e. The summed E-state index contributed by atoms with van der Waals surface area (Å²) in [7, 11) is 3.90. The molecule has 0 aromatic heterocycles. The molecule has 0 spiro atoms. The molecule has 0 unspecified atom stereocenters. The molecule has 0 saturated heterocycles. The van der Waals surface area contributed by atoms with Crippen LogP contribution >= 0.6 is 0 Å². The second kappa shape index (κ2) is 8.59. The smallest absolute Gasteiger partial charge is 0.317 e. The second-order valence-corrected chi connectivity index (χ2v) is 7.03. The molecule has 2 N–H and O–H groups in total. The average molecular weight is 299 g/mol. The molecule has 5 heteroatoms. The van der Waals surface area contributed by atoms with Crippen molar-refractivity contribution in [3.05, 3.63) is 0 Å².